The molecule has 0 saturated carbocycles. The van der Waals surface area contributed by atoms with E-state index < -0.39 is 128 Å². The predicted octanol–water partition coefficient (Wildman–Crippen LogP) is 24.6. The summed E-state index contributed by atoms with van der Waals surface area (Å²) in [4.78, 5) is 0. The summed E-state index contributed by atoms with van der Waals surface area (Å²) in [6, 6.07) is 36.1. The van der Waals surface area contributed by atoms with Crippen LogP contribution in [0.25, 0.3) is 0 Å². The first-order chi connectivity index (χ1) is 48.5. The molecule has 0 bridgehead atoms. The van der Waals surface area contributed by atoms with E-state index in [0.29, 0.717) is 59.5 Å². The quantitative estimate of drug-likeness (QED) is 0.0726. The molecule has 0 aliphatic heterocycles. The number of aryl methyl sites for hydroxylation is 3. The number of ether oxygens (including phenoxy) is 5. The first-order valence-corrected chi connectivity index (χ1v) is 29.8. The van der Waals surface area contributed by atoms with Gasteiger partial charge in [0.15, 0.2) is 0 Å². The molecule has 0 fully saturated rings. The van der Waals surface area contributed by atoms with Gasteiger partial charge in [-0.25, -0.2) is 0 Å². The lowest BCUT2D eigenvalue weighted by Crippen LogP contribution is -2.54. The van der Waals surface area contributed by atoms with Crippen molar-refractivity contribution in [2.45, 2.75) is 81.0 Å². The van der Waals surface area contributed by atoms with Crippen LogP contribution in [0, 0.1) is 20.8 Å². The van der Waals surface area contributed by atoms with Crippen molar-refractivity contribution in [3.8, 4) is 57.5 Å². The van der Waals surface area contributed by atoms with Crippen LogP contribution in [0.4, 0.5) is 122 Å². The molecule has 0 aliphatic rings. The monoisotopic (exact) mass is 1510 g/mol. The number of halogens is 24. The topological polar surface area (TPSA) is 124 Å². The largest absolute Gasteiger partial charge is 0.457 e. The van der Waals surface area contributed by atoms with Crippen molar-refractivity contribution >= 4 is 17.1 Å². The molecule has 0 aromatic heterocycles. The minimum atomic E-state index is -5.98. The number of rotatable bonds is 14. The van der Waals surface area contributed by atoms with E-state index in [2.05, 4.69) is 0 Å². The lowest BCUT2D eigenvalue weighted by molar-refractivity contribution is -0.290. The minimum Gasteiger partial charge on any atom is -0.457 e. The second-order valence-electron chi connectivity index (χ2n) is 23.0. The van der Waals surface area contributed by atoms with E-state index >= 15 is 0 Å². The van der Waals surface area contributed by atoms with E-state index in [9.17, 15) is 105 Å². The maximum absolute atomic E-state index is 14.5. The van der Waals surface area contributed by atoms with E-state index in [1.807, 2.05) is 13.0 Å². The smallest absolute Gasteiger partial charge is 0.420 e. The molecule has 0 unspecified atom stereocenters. The van der Waals surface area contributed by atoms with Gasteiger partial charge >= 0.3 is 49.4 Å². The summed E-state index contributed by atoms with van der Waals surface area (Å²) >= 11 is 0. The summed E-state index contributed by atoms with van der Waals surface area (Å²) in [5.41, 5.74) is -1.02. The Morgan fingerprint density at radius 3 is 0.943 bits per heavy atom. The third kappa shape index (κ3) is 18.5. The number of hydrogen-bond donors (Lipinski definition) is 3. The Kier molecular flexibility index (Phi) is 22.7. The minimum absolute atomic E-state index is 0.0505. The van der Waals surface area contributed by atoms with Crippen LogP contribution in [-0.4, -0.2) is 24.7 Å². The van der Waals surface area contributed by atoms with Gasteiger partial charge in [-0.2, -0.15) is 105 Å². The molecular weight excluding hydrogens is 1450 g/mol. The van der Waals surface area contributed by atoms with Crippen molar-refractivity contribution in [3.05, 3.63) is 280 Å². The van der Waals surface area contributed by atoms with Gasteiger partial charge in [-0.15, -0.1) is 0 Å². The van der Waals surface area contributed by atoms with E-state index in [1.54, 1.807) is 36.4 Å². The van der Waals surface area contributed by atoms with Crippen LogP contribution in [0.1, 0.15) is 61.2 Å². The molecule has 0 saturated heterocycles. The van der Waals surface area contributed by atoms with Crippen LogP contribution in [0.5, 0.6) is 57.5 Å². The molecule has 10 aromatic carbocycles. The van der Waals surface area contributed by atoms with E-state index in [0.717, 1.165) is 121 Å². The Labute approximate surface area is 579 Å². The highest BCUT2D eigenvalue weighted by molar-refractivity contribution is 5.56. The SMILES string of the molecule is Cc1cc(Oc2ccc(C(c3ccc(Oc4ccc(N)c(C(F)(F)F)c4)cc3)(C(F)(F)F)C(F)(F)F)cc2)cc(C(F)(F)F)c1.Cc1ccc(Oc2ccc(N)cc2C(F)(F)F)c(C(F)(F)F)c1.Cc1cccc(Oc2ccc(C(c3ccc(Oc4cccc(N)c4)cc3)(C(F)(F)F)C(F)(F)F)cc2)c1. The fourth-order valence-corrected chi connectivity index (χ4v) is 10.6. The van der Waals surface area contributed by atoms with Crippen molar-refractivity contribution in [1.82, 2.24) is 0 Å². The van der Waals surface area contributed by atoms with Crippen LogP contribution < -0.4 is 40.9 Å². The van der Waals surface area contributed by atoms with Crippen molar-refractivity contribution < 1.29 is 129 Å². The number of nitrogens with two attached hydrogens (primary N) is 3. The molecule has 0 atom stereocenters. The van der Waals surface area contributed by atoms with Crippen LogP contribution in [0.2, 0.25) is 0 Å². The van der Waals surface area contributed by atoms with Crippen LogP contribution >= 0.6 is 0 Å². The van der Waals surface area contributed by atoms with Crippen LogP contribution in [0.15, 0.2) is 218 Å². The molecule has 0 spiro atoms. The molecule has 0 aliphatic carbocycles. The fraction of sp³-hybridized carbons (Fsp3) is 0.178. The average molecular weight is 1510 g/mol. The second-order valence-corrected chi connectivity index (χ2v) is 23.0. The van der Waals surface area contributed by atoms with Gasteiger partial charge < -0.3 is 40.9 Å². The maximum atomic E-state index is 14.5. The van der Waals surface area contributed by atoms with Gasteiger partial charge in [0, 0.05) is 23.1 Å². The van der Waals surface area contributed by atoms with E-state index in [-0.39, 0.29) is 45.7 Å². The molecule has 0 radical (unpaired) electrons. The molecular formula is C73H51F24N3O5. The average Bonchev–Trinajstić information content (AvgIpc) is 0.726. The number of hydrogen-bond acceptors (Lipinski definition) is 8. The lowest BCUT2D eigenvalue weighted by atomic mass is 9.73. The summed E-state index contributed by atoms with van der Waals surface area (Å²) in [5.74, 6) is -2.14. The van der Waals surface area contributed by atoms with Crippen LogP contribution in [-0.2, 0) is 35.5 Å². The van der Waals surface area contributed by atoms with Gasteiger partial charge in [-0.1, -0.05) is 78.4 Å². The Balaban J connectivity index is 0.000000209. The van der Waals surface area contributed by atoms with Crippen molar-refractivity contribution in [3.63, 3.8) is 0 Å². The highest BCUT2D eigenvalue weighted by Gasteiger charge is 2.74. The zero-order valence-electron chi connectivity index (χ0n) is 53.6. The standard InChI is InChI=1S/C30H19F12NO2.C28H21F6NO2.C15H11F6NO/c1-16-12-19(27(31,32)33)14-23(13-16)45-21-8-4-18(5-9-21)26(29(37,38)39,30(40,41)42)17-2-6-20(7-3-17)44-22-10-11-25(43)24(15-22)28(34,35)36;1-18-4-2-6-24(16-18)36-22-12-8-19(9-13-22)26(27(29,30)31,28(32,33)34)20-10-14-23(15-11-20)37-25-7-3-5-21(35)17-25;1-8-2-4-12(10(6-8)14(16,17)18)23-13-5-3-9(22)7-11(13)15(19,20)21/h2-15H,43H2,1H3;2-17H,35H2,1H3;2-7H,22H2,1H3. The summed E-state index contributed by atoms with van der Waals surface area (Å²) < 4.78 is 357. The molecule has 32 heteroatoms. The maximum Gasteiger partial charge on any atom is 0.420 e. The first kappa shape index (κ1) is 79.6. The third-order valence-electron chi connectivity index (χ3n) is 15.3. The van der Waals surface area contributed by atoms with Gasteiger partial charge in [0.05, 0.1) is 16.7 Å². The normalized spacial score (nSPS) is 12.6. The Morgan fingerprint density at radius 2 is 0.562 bits per heavy atom. The second kappa shape index (κ2) is 29.9. The molecule has 10 rings (SSSR count). The number of anilines is 3. The molecule has 0 heterocycles. The zero-order chi connectivity index (χ0) is 77.8. The van der Waals surface area contributed by atoms with Gasteiger partial charge in [-0.3, -0.25) is 0 Å². The first-order valence-electron chi connectivity index (χ1n) is 29.8. The van der Waals surface area contributed by atoms with E-state index in [1.165, 1.54) is 32.0 Å². The number of benzene rings is 10. The molecule has 556 valence electrons. The van der Waals surface area contributed by atoms with Gasteiger partial charge in [-0.05, 0) is 194 Å². The van der Waals surface area contributed by atoms with E-state index in [4.69, 9.17) is 40.9 Å². The molecule has 105 heavy (non-hydrogen) atoms. The zero-order valence-corrected chi connectivity index (χ0v) is 53.6. The van der Waals surface area contributed by atoms with Crippen LogP contribution in [0.3, 0.4) is 0 Å². The summed E-state index contributed by atoms with van der Waals surface area (Å²) in [6.45, 7) is 4.59. The molecule has 10 aromatic rings. The summed E-state index contributed by atoms with van der Waals surface area (Å²) in [7, 11) is 0. The number of alkyl halides is 24. The summed E-state index contributed by atoms with van der Waals surface area (Å²) in [5, 5.41) is 0. The lowest BCUT2D eigenvalue weighted by Gasteiger charge is -2.38. The summed E-state index contributed by atoms with van der Waals surface area (Å²) in [6.07, 6.45) is -42.5. The highest BCUT2D eigenvalue weighted by Crippen LogP contribution is 2.59. The molecule has 6 N–H and O–H groups in total. The Hall–Kier alpha value is -11.1. The van der Waals surface area contributed by atoms with Crippen molar-refractivity contribution in [1.29, 1.82) is 0 Å². The predicted molar refractivity (Wildman–Crippen MR) is 338 cm³/mol. The molecule has 0 amide bonds. The number of nitrogen functional groups attached to an aromatic ring is 3. The van der Waals surface area contributed by atoms with Gasteiger partial charge in [0.1, 0.15) is 63.1 Å². The Morgan fingerprint density at radius 1 is 0.229 bits per heavy atom. The third-order valence-corrected chi connectivity index (χ3v) is 15.3. The fourth-order valence-electron chi connectivity index (χ4n) is 10.6. The highest BCUT2D eigenvalue weighted by atomic mass is 19.4. The molecule has 8 nitrogen and oxygen atoms in total. The van der Waals surface area contributed by atoms with Gasteiger partial charge in [0.25, 0.3) is 0 Å². The van der Waals surface area contributed by atoms with Gasteiger partial charge in [0.2, 0.25) is 10.8 Å². The van der Waals surface area contributed by atoms with Crippen molar-refractivity contribution in [2.75, 3.05) is 17.2 Å². The van der Waals surface area contributed by atoms with Crippen molar-refractivity contribution in [2.24, 2.45) is 0 Å². The Bertz CT molecular complexity index is 4460.